The quantitative estimate of drug-likeness (QED) is 0.301. The Morgan fingerprint density at radius 1 is 1.42 bits per heavy atom. The van der Waals surface area contributed by atoms with Gasteiger partial charge in [0.05, 0.1) is 16.9 Å². The Labute approximate surface area is 187 Å². The van der Waals surface area contributed by atoms with E-state index in [0.717, 1.165) is 16.9 Å². The van der Waals surface area contributed by atoms with Crippen LogP contribution in [0.15, 0.2) is 35.1 Å². The SMILES string of the molecule is CCn1ncc([N+](=O)[O-])c1C(=O)Nc1c(C(N)=O)sc2nc(C(F)F)cc(-c3ccco3)c12. The molecule has 0 aromatic carbocycles. The molecule has 0 radical (unpaired) electrons. The van der Waals surface area contributed by atoms with Gasteiger partial charge in [-0.05, 0) is 25.1 Å². The fraction of sp³-hybridized carbons (Fsp3) is 0.158. The topological polar surface area (TPSA) is 159 Å². The number of anilines is 1. The number of nitrogens with one attached hydrogen (secondary N) is 1. The molecule has 0 atom stereocenters. The first-order valence-corrected chi connectivity index (χ1v) is 10.1. The number of halogens is 2. The summed E-state index contributed by atoms with van der Waals surface area (Å²) >= 11 is 0.703. The number of carbonyl (C=O) groups is 2. The number of furan rings is 1. The smallest absolute Gasteiger partial charge is 0.320 e. The number of nitro groups is 1. The molecule has 14 heteroatoms. The van der Waals surface area contributed by atoms with Crippen LogP contribution in [0.1, 0.15) is 39.2 Å². The minimum Gasteiger partial charge on any atom is -0.464 e. The summed E-state index contributed by atoms with van der Waals surface area (Å²) in [4.78, 5) is 39.5. The van der Waals surface area contributed by atoms with Gasteiger partial charge in [-0.1, -0.05) is 0 Å². The summed E-state index contributed by atoms with van der Waals surface area (Å²) in [5.41, 5.74) is 4.02. The molecule has 0 aliphatic rings. The van der Waals surface area contributed by atoms with Crippen molar-refractivity contribution in [2.45, 2.75) is 19.9 Å². The van der Waals surface area contributed by atoms with Crippen molar-refractivity contribution >= 4 is 44.7 Å². The van der Waals surface area contributed by atoms with Gasteiger partial charge in [0.2, 0.25) is 5.69 Å². The molecule has 2 amide bonds. The van der Waals surface area contributed by atoms with Crippen molar-refractivity contribution in [3.63, 3.8) is 0 Å². The van der Waals surface area contributed by atoms with Crippen molar-refractivity contribution in [3.8, 4) is 11.3 Å². The number of aryl methyl sites for hydroxylation is 1. The highest BCUT2D eigenvalue weighted by Crippen LogP contribution is 2.42. The Hall–Kier alpha value is -4.20. The number of nitrogens with two attached hydrogens (primary N) is 1. The molecule has 170 valence electrons. The van der Waals surface area contributed by atoms with E-state index in [0.29, 0.717) is 11.3 Å². The molecule has 0 aliphatic heterocycles. The summed E-state index contributed by atoms with van der Waals surface area (Å²) in [6, 6.07) is 4.12. The first kappa shape index (κ1) is 22.0. The number of pyridine rings is 1. The average Bonchev–Trinajstić information content (AvgIpc) is 3.51. The Morgan fingerprint density at radius 2 is 2.18 bits per heavy atom. The van der Waals surface area contributed by atoms with Crippen LogP contribution in [0.4, 0.5) is 20.2 Å². The van der Waals surface area contributed by atoms with Crippen molar-refractivity contribution in [2.75, 3.05) is 5.32 Å². The first-order chi connectivity index (χ1) is 15.7. The summed E-state index contributed by atoms with van der Waals surface area (Å²) < 4.78 is 33.4. The lowest BCUT2D eigenvalue weighted by atomic mass is 10.1. The summed E-state index contributed by atoms with van der Waals surface area (Å²) in [5.74, 6) is -1.71. The predicted molar refractivity (Wildman–Crippen MR) is 113 cm³/mol. The fourth-order valence-electron chi connectivity index (χ4n) is 3.30. The van der Waals surface area contributed by atoms with Gasteiger partial charge in [-0.2, -0.15) is 5.10 Å². The molecular weight excluding hydrogens is 462 g/mol. The third-order valence-corrected chi connectivity index (χ3v) is 5.78. The third kappa shape index (κ3) is 3.80. The molecule has 11 nitrogen and oxygen atoms in total. The molecule has 0 fully saturated rings. The first-order valence-electron chi connectivity index (χ1n) is 9.33. The number of hydrogen-bond acceptors (Lipinski definition) is 8. The van der Waals surface area contributed by atoms with Crippen LogP contribution in [0.3, 0.4) is 0 Å². The number of fused-ring (bicyclic) bond motifs is 1. The monoisotopic (exact) mass is 476 g/mol. The molecule has 0 saturated heterocycles. The summed E-state index contributed by atoms with van der Waals surface area (Å²) in [6.45, 7) is 1.79. The number of nitrogens with zero attached hydrogens (tertiary/aromatic N) is 4. The lowest BCUT2D eigenvalue weighted by Gasteiger charge is -2.10. The lowest BCUT2D eigenvalue weighted by molar-refractivity contribution is -0.385. The average molecular weight is 476 g/mol. The van der Waals surface area contributed by atoms with Crippen molar-refractivity contribution < 1.29 is 27.7 Å². The van der Waals surface area contributed by atoms with E-state index in [2.05, 4.69) is 15.4 Å². The van der Waals surface area contributed by atoms with Gasteiger partial charge in [-0.3, -0.25) is 24.4 Å². The molecule has 4 heterocycles. The van der Waals surface area contributed by atoms with Gasteiger partial charge in [0.1, 0.15) is 27.4 Å². The number of amides is 2. The van der Waals surface area contributed by atoms with Gasteiger partial charge in [0.15, 0.2) is 0 Å². The molecule has 0 spiro atoms. The van der Waals surface area contributed by atoms with E-state index in [9.17, 15) is 28.5 Å². The molecular formula is C19H14F2N6O5S. The van der Waals surface area contributed by atoms with Crippen LogP contribution in [0, 0.1) is 10.1 Å². The van der Waals surface area contributed by atoms with E-state index < -0.39 is 34.5 Å². The number of thiophene rings is 1. The molecule has 4 aromatic heterocycles. The van der Waals surface area contributed by atoms with E-state index in [-0.39, 0.29) is 44.3 Å². The highest BCUT2D eigenvalue weighted by Gasteiger charge is 2.30. The minimum atomic E-state index is -2.91. The maximum absolute atomic E-state index is 13.5. The third-order valence-electron chi connectivity index (χ3n) is 4.69. The highest BCUT2D eigenvalue weighted by molar-refractivity contribution is 7.21. The van der Waals surface area contributed by atoms with Crippen LogP contribution < -0.4 is 11.1 Å². The summed E-state index contributed by atoms with van der Waals surface area (Å²) in [7, 11) is 0. The zero-order valence-corrected chi connectivity index (χ0v) is 17.6. The van der Waals surface area contributed by atoms with Crippen LogP contribution in [0.2, 0.25) is 0 Å². The lowest BCUT2D eigenvalue weighted by Crippen LogP contribution is -2.21. The molecule has 0 aliphatic carbocycles. The second-order valence-electron chi connectivity index (χ2n) is 6.63. The van der Waals surface area contributed by atoms with Crippen molar-refractivity contribution in [1.29, 1.82) is 0 Å². The largest absolute Gasteiger partial charge is 0.464 e. The van der Waals surface area contributed by atoms with E-state index in [1.54, 1.807) is 6.92 Å². The maximum Gasteiger partial charge on any atom is 0.320 e. The Morgan fingerprint density at radius 3 is 2.76 bits per heavy atom. The van der Waals surface area contributed by atoms with Crippen LogP contribution in [0.5, 0.6) is 0 Å². The number of primary amides is 1. The second kappa shape index (κ2) is 8.38. The summed E-state index contributed by atoms with van der Waals surface area (Å²) in [5, 5.41) is 17.8. The normalized spacial score (nSPS) is 11.3. The molecule has 3 N–H and O–H groups in total. The van der Waals surface area contributed by atoms with Gasteiger partial charge >= 0.3 is 5.69 Å². The number of rotatable bonds is 7. The molecule has 4 rings (SSSR count). The molecule has 33 heavy (non-hydrogen) atoms. The Bertz CT molecular complexity index is 1400. The standard InChI is InChI=1S/C19H14F2N6O5S/c1-2-26-14(10(7-23-26)27(30)31)18(29)25-13-12-8(11-4-3-5-32-11)6-9(16(20)21)24-19(12)33-15(13)17(22)28/h3-7,16H,2H2,1H3,(H2,22,28)(H,25,29). The Balaban J connectivity index is 1.95. The van der Waals surface area contributed by atoms with Crippen LogP contribution >= 0.6 is 11.3 Å². The van der Waals surface area contributed by atoms with E-state index in [1.807, 2.05) is 0 Å². The van der Waals surface area contributed by atoms with Gasteiger partial charge in [0.25, 0.3) is 18.2 Å². The minimum absolute atomic E-state index is 0.00167. The van der Waals surface area contributed by atoms with E-state index in [4.69, 9.17) is 10.2 Å². The number of hydrogen-bond donors (Lipinski definition) is 2. The van der Waals surface area contributed by atoms with Gasteiger partial charge in [-0.15, -0.1) is 11.3 Å². The van der Waals surface area contributed by atoms with E-state index in [1.165, 1.54) is 18.4 Å². The van der Waals surface area contributed by atoms with Crippen LogP contribution in [-0.4, -0.2) is 31.5 Å². The highest BCUT2D eigenvalue weighted by atomic mass is 32.1. The maximum atomic E-state index is 13.5. The zero-order chi connectivity index (χ0) is 23.9. The second-order valence-corrected chi connectivity index (χ2v) is 7.63. The molecule has 0 unspecified atom stereocenters. The van der Waals surface area contributed by atoms with Gasteiger partial charge in [-0.25, -0.2) is 13.8 Å². The molecule has 0 saturated carbocycles. The van der Waals surface area contributed by atoms with Gasteiger partial charge in [0, 0.05) is 17.5 Å². The van der Waals surface area contributed by atoms with Crippen molar-refractivity contribution in [1.82, 2.24) is 14.8 Å². The van der Waals surface area contributed by atoms with Crippen LogP contribution in [0.25, 0.3) is 21.5 Å². The zero-order valence-electron chi connectivity index (χ0n) is 16.7. The van der Waals surface area contributed by atoms with E-state index >= 15 is 0 Å². The molecule has 4 aromatic rings. The number of alkyl halides is 2. The molecule has 0 bridgehead atoms. The van der Waals surface area contributed by atoms with Crippen molar-refractivity contribution in [3.05, 3.63) is 57.0 Å². The number of carbonyl (C=O) groups excluding carboxylic acids is 2. The predicted octanol–water partition coefficient (Wildman–Crippen LogP) is 3.97. The fourth-order valence-corrected chi connectivity index (χ4v) is 4.32. The number of aromatic nitrogens is 3. The van der Waals surface area contributed by atoms with Crippen LogP contribution in [-0.2, 0) is 6.54 Å². The van der Waals surface area contributed by atoms with Crippen molar-refractivity contribution in [2.24, 2.45) is 5.73 Å². The van der Waals surface area contributed by atoms with Gasteiger partial charge < -0.3 is 15.5 Å². The summed E-state index contributed by atoms with van der Waals surface area (Å²) in [6.07, 6.45) is -0.655. The Kier molecular flexibility index (Phi) is 5.59.